The summed E-state index contributed by atoms with van der Waals surface area (Å²) in [5, 5.41) is 0. The van der Waals surface area contributed by atoms with Gasteiger partial charge >= 0.3 is 0 Å². The first kappa shape index (κ1) is 10.5. The Balaban J connectivity index is 2.84. The van der Waals surface area contributed by atoms with Crippen LogP contribution in [0, 0.1) is 0 Å². The van der Waals surface area contributed by atoms with Crippen LogP contribution in [0.3, 0.4) is 0 Å². The van der Waals surface area contributed by atoms with Crippen LogP contribution in [-0.4, -0.2) is 11.9 Å². The Hall–Kier alpha value is -1.57. The molecule has 0 aromatic heterocycles. The van der Waals surface area contributed by atoms with Crippen LogP contribution in [-0.2, 0) is 4.79 Å². The number of benzene rings is 1. The molecular formula is C12H14O2. The first-order valence-corrected chi connectivity index (χ1v) is 4.60. The number of rotatable bonds is 5. The molecule has 0 saturated heterocycles. The van der Waals surface area contributed by atoms with Crippen molar-refractivity contribution in [2.75, 3.05) is 0 Å². The van der Waals surface area contributed by atoms with Gasteiger partial charge in [-0.1, -0.05) is 31.7 Å². The number of hydrogen-bond acceptors (Lipinski definition) is 2. The van der Waals surface area contributed by atoms with Crippen LogP contribution >= 0.6 is 0 Å². The van der Waals surface area contributed by atoms with E-state index >= 15 is 0 Å². The van der Waals surface area contributed by atoms with Crippen LogP contribution in [0.15, 0.2) is 43.0 Å². The number of para-hydroxylation sites is 1. The normalized spacial score (nSPS) is 14.1. The van der Waals surface area contributed by atoms with Crippen molar-refractivity contribution in [3.05, 3.63) is 43.0 Å². The smallest absolute Gasteiger partial charge is 0.181 e. The fourth-order valence-corrected chi connectivity index (χ4v) is 1.12. The van der Waals surface area contributed by atoms with Gasteiger partial charge in [0.15, 0.2) is 11.9 Å². The third-order valence-corrected chi connectivity index (χ3v) is 2.15. The van der Waals surface area contributed by atoms with Crippen LogP contribution in [0.4, 0.5) is 0 Å². The maximum atomic E-state index is 10.9. The lowest BCUT2D eigenvalue weighted by atomic mass is 10.0. The minimum atomic E-state index is -0.888. The highest BCUT2D eigenvalue weighted by molar-refractivity contribution is 5.66. The highest BCUT2D eigenvalue weighted by atomic mass is 16.5. The highest BCUT2D eigenvalue weighted by Crippen LogP contribution is 2.20. The molecule has 0 aliphatic heterocycles. The van der Waals surface area contributed by atoms with Gasteiger partial charge in [0.25, 0.3) is 0 Å². The summed E-state index contributed by atoms with van der Waals surface area (Å²) in [4.78, 5) is 10.9. The van der Waals surface area contributed by atoms with Crippen LogP contribution in [0.2, 0.25) is 0 Å². The van der Waals surface area contributed by atoms with E-state index in [2.05, 4.69) is 6.58 Å². The Kier molecular flexibility index (Phi) is 3.46. The molecule has 0 aliphatic rings. The van der Waals surface area contributed by atoms with Gasteiger partial charge in [-0.25, -0.2) is 0 Å². The number of hydrogen-bond donors (Lipinski definition) is 0. The van der Waals surface area contributed by atoms with E-state index in [9.17, 15) is 4.79 Å². The second-order valence-corrected chi connectivity index (χ2v) is 3.05. The first-order valence-electron chi connectivity index (χ1n) is 4.60. The van der Waals surface area contributed by atoms with Gasteiger partial charge in [0.1, 0.15) is 5.75 Å². The largest absolute Gasteiger partial charge is 0.476 e. The monoisotopic (exact) mass is 190 g/mol. The zero-order valence-electron chi connectivity index (χ0n) is 8.27. The van der Waals surface area contributed by atoms with E-state index < -0.39 is 5.60 Å². The maximum absolute atomic E-state index is 10.9. The fraction of sp³-hybridized carbons (Fsp3) is 0.250. The predicted octanol–water partition coefficient (Wildman–Crippen LogP) is 2.60. The summed E-state index contributed by atoms with van der Waals surface area (Å²) < 4.78 is 5.56. The molecule has 0 bridgehead atoms. The van der Waals surface area contributed by atoms with E-state index in [1.54, 1.807) is 0 Å². The number of ether oxygens (including phenoxy) is 1. The van der Waals surface area contributed by atoms with Crippen molar-refractivity contribution >= 4 is 6.29 Å². The maximum Gasteiger partial charge on any atom is 0.181 e. The molecule has 2 nitrogen and oxygen atoms in total. The Labute approximate surface area is 84.2 Å². The summed E-state index contributed by atoms with van der Waals surface area (Å²) in [5.41, 5.74) is -0.888. The summed E-state index contributed by atoms with van der Waals surface area (Å²) in [6.07, 6.45) is 2.90. The SMILES string of the molecule is C=CC(C=O)(CC)Oc1ccccc1. The Morgan fingerprint density at radius 2 is 2.07 bits per heavy atom. The molecule has 1 aromatic carbocycles. The van der Waals surface area contributed by atoms with Gasteiger partial charge in [-0.05, 0) is 24.6 Å². The Bertz CT molecular complexity index is 295. The lowest BCUT2D eigenvalue weighted by molar-refractivity contribution is -0.118. The van der Waals surface area contributed by atoms with E-state index in [0.29, 0.717) is 12.2 Å². The predicted molar refractivity (Wildman–Crippen MR) is 56.4 cm³/mol. The van der Waals surface area contributed by atoms with E-state index in [4.69, 9.17) is 4.74 Å². The molecule has 0 fully saturated rings. The van der Waals surface area contributed by atoms with Gasteiger partial charge in [-0.15, -0.1) is 0 Å². The van der Waals surface area contributed by atoms with Gasteiger partial charge in [0, 0.05) is 0 Å². The van der Waals surface area contributed by atoms with E-state index in [1.165, 1.54) is 6.08 Å². The molecule has 1 rings (SSSR count). The van der Waals surface area contributed by atoms with Crippen LogP contribution in [0.5, 0.6) is 5.75 Å². The number of carbonyl (C=O) groups is 1. The molecule has 0 aliphatic carbocycles. The fourth-order valence-electron chi connectivity index (χ4n) is 1.12. The summed E-state index contributed by atoms with van der Waals surface area (Å²) in [5.74, 6) is 0.682. The number of aldehydes is 1. The number of carbonyl (C=O) groups excluding carboxylic acids is 1. The van der Waals surface area contributed by atoms with E-state index in [1.807, 2.05) is 37.3 Å². The van der Waals surface area contributed by atoms with Gasteiger partial charge < -0.3 is 4.74 Å². The third kappa shape index (κ3) is 2.22. The second-order valence-electron chi connectivity index (χ2n) is 3.05. The molecular weight excluding hydrogens is 176 g/mol. The van der Waals surface area contributed by atoms with Crippen molar-refractivity contribution < 1.29 is 9.53 Å². The molecule has 0 saturated carbocycles. The summed E-state index contributed by atoms with van der Waals surface area (Å²) in [6.45, 7) is 5.50. The molecule has 0 heterocycles. The van der Waals surface area contributed by atoms with Crippen molar-refractivity contribution in [2.24, 2.45) is 0 Å². The summed E-state index contributed by atoms with van der Waals surface area (Å²) in [7, 11) is 0. The zero-order chi connectivity index (χ0) is 10.4. The molecule has 2 heteroatoms. The van der Waals surface area contributed by atoms with Crippen molar-refractivity contribution in [1.82, 2.24) is 0 Å². The van der Waals surface area contributed by atoms with Crippen LogP contribution in [0.25, 0.3) is 0 Å². The molecule has 74 valence electrons. The van der Waals surface area contributed by atoms with Crippen molar-refractivity contribution in [1.29, 1.82) is 0 Å². The van der Waals surface area contributed by atoms with Gasteiger partial charge in [-0.3, -0.25) is 4.79 Å². The molecule has 0 N–H and O–H groups in total. The zero-order valence-corrected chi connectivity index (χ0v) is 8.27. The minimum Gasteiger partial charge on any atom is -0.476 e. The summed E-state index contributed by atoms with van der Waals surface area (Å²) >= 11 is 0. The van der Waals surface area contributed by atoms with Crippen LogP contribution in [0.1, 0.15) is 13.3 Å². The van der Waals surface area contributed by atoms with Gasteiger partial charge in [0.05, 0.1) is 0 Å². The molecule has 14 heavy (non-hydrogen) atoms. The lowest BCUT2D eigenvalue weighted by Crippen LogP contribution is -2.34. The second kappa shape index (κ2) is 4.61. The third-order valence-electron chi connectivity index (χ3n) is 2.15. The summed E-state index contributed by atoms with van der Waals surface area (Å²) in [6, 6.07) is 9.26. The Morgan fingerprint density at radius 3 is 2.50 bits per heavy atom. The lowest BCUT2D eigenvalue weighted by Gasteiger charge is -2.23. The van der Waals surface area contributed by atoms with E-state index in [-0.39, 0.29) is 0 Å². The highest BCUT2D eigenvalue weighted by Gasteiger charge is 2.25. The first-order chi connectivity index (χ1) is 6.76. The molecule has 0 spiro atoms. The van der Waals surface area contributed by atoms with E-state index in [0.717, 1.165) is 6.29 Å². The van der Waals surface area contributed by atoms with Crippen molar-refractivity contribution in [2.45, 2.75) is 18.9 Å². The molecule has 1 atom stereocenters. The quantitative estimate of drug-likeness (QED) is 0.527. The van der Waals surface area contributed by atoms with Gasteiger partial charge in [0.2, 0.25) is 0 Å². The average Bonchev–Trinajstić information content (AvgIpc) is 2.28. The standard InChI is InChI=1S/C12H14O2/c1-3-12(4-2,10-13)14-11-8-6-5-7-9-11/h3,5-10H,1,4H2,2H3. The topological polar surface area (TPSA) is 26.3 Å². The van der Waals surface area contributed by atoms with Gasteiger partial charge in [-0.2, -0.15) is 0 Å². The molecule has 0 radical (unpaired) electrons. The Morgan fingerprint density at radius 1 is 1.43 bits per heavy atom. The minimum absolute atomic E-state index is 0.578. The van der Waals surface area contributed by atoms with Crippen molar-refractivity contribution in [3.63, 3.8) is 0 Å². The van der Waals surface area contributed by atoms with Crippen LogP contribution < -0.4 is 4.74 Å². The average molecular weight is 190 g/mol. The molecule has 0 amide bonds. The molecule has 1 unspecified atom stereocenters. The van der Waals surface area contributed by atoms with Crippen molar-refractivity contribution in [3.8, 4) is 5.75 Å². The molecule has 1 aromatic rings.